The van der Waals surface area contributed by atoms with E-state index in [0.29, 0.717) is 12.3 Å². The number of aromatic amines is 1. The number of esters is 1. The predicted octanol–water partition coefficient (Wildman–Crippen LogP) is 4.80. The summed E-state index contributed by atoms with van der Waals surface area (Å²) in [5, 5.41) is 0.882. The van der Waals surface area contributed by atoms with Crippen LogP contribution in [-0.4, -0.2) is 17.6 Å². The van der Waals surface area contributed by atoms with E-state index in [1.807, 2.05) is 55.5 Å². The van der Waals surface area contributed by atoms with Gasteiger partial charge in [-0.15, -0.1) is 0 Å². The number of benzene rings is 2. The molecule has 4 nitrogen and oxygen atoms in total. The van der Waals surface area contributed by atoms with E-state index in [9.17, 15) is 4.79 Å². The first-order chi connectivity index (χ1) is 11.7. The van der Waals surface area contributed by atoms with Gasteiger partial charge in [0, 0.05) is 23.0 Å². The number of carbonyl (C=O) groups excluding carboxylic acids is 1. The minimum atomic E-state index is -0.217. The van der Waals surface area contributed by atoms with Crippen molar-refractivity contribution in [3.8, 4) is 0 Å². The van der Waals surface area contributed by atoms with Crippen LogP contribution in [0, 0.1) is 6.57 Å². The molecule has 0 aliphatic carbocycles. The van der Waals surface area contributed by atoms with Crippen molar-refractivity contribution in [1.82, 2.24) is 4.98 Å². The molecule has 1 atom stereocenters. The number of nitrogens with one attached hydrogen (secondary N) is 1. The van der Waals surface area contributed by atoms with Gasteiger partial charge in [0.1, 0.15) is 0 Å². The second-order valence-corrected chi connectivity index (χ2v) is 5.56. The van der Waals surface area contributed by atoms with Gasteiger partial charge >= 0.3 is 5.97 Å². The van der Waals surface area contributed by atoms with Crippen LogP contribution in [-0.2, 0) is 9.53 Å². The molecule has 1 heterocycles. The van der Waals surface area contributed by atoms with E-state index in [0.717, 1.165) is 22.0 Å². The van der Waals surface area contributed by atoms with Crippen LogP contribution >= 0.6 is 0 Å². The molecule has 0 aliphatic heterocycles. The molecular weight excluding hydrogens is 300 g/mol. The van der Waals surface area contributed by atoms with Gasteiger partial charge in [-0.1, -0.05) is 42.5 Å². The summed E-state index contributed by atoms with van der Waals surface area (Å²) in [6.45, 7) is 9.47. The molecular formula is C20H18N2O2. The molecule has 120 valence electrons. The lowest BCUT2D eigenvalue weighted by Gasteiger charge is -2.17. The predicted molar refractivity (Wildman–Crippen MR) is 94.1 cm³/mol. The minimum Gasteiger partial charge on any atom is -0.466 e. The molecule has 1 unspecified atom stereocenters. The van der Waals surface area contributed by atoms with Gasteiger partial charge < -0.3 is 9.72 Å². The van der Waals surface area contributed by atoms with Gasteiger partial charge in [-0.2, -0.15) is 0 Å². The maximum atomic E-state index is 12.1. The lowest BCUT2D eigenvalue weighted by molar-refractivity contribution is -0.143. The summed E-state index contributed by atoms with van der Waals surface area (Å²) in [5.41, 5.74) is 3.58. The summed E-state index contributed by atoms with van der Waals surface area (Å²) in [6.07, 6.45) is 1.99. The van der Waals surface area contributed by atoms with Crippen LogP contribution in [0.1, 0.15) is 30.4 Å². The van der Waals surface area contributed by atoms with Gasteiger partial charge in [0.15, 0.2) is 0 Å². The zero-order valence-corrected chi connectivity index (χ0v) is 13.5. The topological polar surface area (TPSA) is 46.5 Å². The first kappa shape index (κ1) is 15.8. The molecule has 1 N–H and O–H groups in total. The summed E-state index contributed by atoms with van der Waals surface area (Å²) < 4.78 is 5.14. The average molecular weight is 318 g/mol. The number of carbonyl (C=O) groups is 1. The van der Waals surface area contributed by atoms with Crippen LogP contribution < -0.4 is 0 Å². The molecule has 0 saturated carbocycles. The molecule has 0 amide bonds. The SMILES string of the molecule is [C-]#[N+]c1c[nH]c2ccc(C(CC(=O)OCC)c3ccccc3)cc12. The zero-order chi connectivity index (χ0) is 16.9. The van der Waals surface area contributed by atoms with E-state index in [1.165, 1.54) is 0 Å². The molecule has 0 saturated heterocycles. The van der Waals surface area contributed by atoms with Crippen LogP contribution in [0.25, 0.3) is 15.7 Å². The molecule has 0 spiro atoms. The number of nitrogens with zero attached hydrogens (tertiary/aromatic N) is 1. The molecule has 1 aromatic heterocycles. The smallest absolute Gasteiger partial charge is 0.306 e. The zero-order valence-electron chi connectivity index (χ0n) is 13.5. The van der Waals surface area contributed by atoms with E-state index in [2.05, 4.69) is 9.83 Å². The Hall–Kier alpha value is -3.06. The Morgan fingerprint density at radius 2 is 2.00 bits per heavy atom. The Labute approximate surface area is 140 Å². The highest BCUT2D eigenvalue weighted by molar-refractivity contribution is 5.93. The maximum Gasteiger partial charge on any atom is 0.306 e. The van der Waals surface area contributed by atoms with Crippen molar-refractivity contribution in [3.63, 3.8) is 0 Å². The number of H-pyrrole nitrogens is 1. The molecule has 0 radical (unpaired) electrons. The first-order valence-corrected chi connectivity index (χ1v) is 7.92. The van der Waals surface area contributed by atoms with Crippen molar-refractivity contribution < 1.29 is 9.53 Å². The molecule has 2 aromatic carbocycles. The van der Waals surface area contributed by atoms with E-state index < -0.39 is 0 Å². The minimum absolute atomic E-state index is 0.0943. The van der Waals surface area contributed by atoms with Crippen molar-refractivity contribution in [3.05, 3.63) is 77.3 Å². The fraction of sp³-hybridized carbons (Fsp3) is 0.200. The van der Waals surface area contributed by atoms with Crippen molar-refractivity contribution in [2.24, 2.45) is 0 Å². The van der Waals surface area contributed by atoms with Gasteiger partial charge in [-0.05, 0) is 24.1 Å². The Morgan fingerprint density at radius 3 is 2.71 bits per heavy atom. The van der Waals surface area contributed by atoms with E-state index >= 15 is 0 Å². The summed E-state index contributed by atoms with van der Waals surface area (Å²) in [6, 6.07) is 15.9. The Balaban J connectivity index is 2.04. The number of hydrogen-bond acceptors (Lipinski definition) is 2. The van der Waals surface area contributed by atoms with Crippen LogP contribution in [0.4, 0.5) is 5.69 Å². The second kappa shape index (κ2) is 7.01. The number of ether oxygens (including phenoxy) is 1. The largest absolute Gasteiger partial charge is 0.466 e. The molecule has 24 heavy (non-hydrogen) atoms. The highest BCUT2D eigenvalue weighted by atomic mass is 16.5. The maximum absolute atomic E-state index is 12.1. The van der Waals surface area contributed by atoms with Crippen LogP contribution in [0.5, 0.6) is 0 Å². The summed E-state index contributed by atoms with van der Waals surface area (Å²) in [4.78, 5) is 18.7. The van der Waals surface area contributed by atoms with E-state index in [4.69, 9.17) is 11.3 Å². The van der Waals surface area contributed by atoms with Gasteiger partial charge in [0.25, 0.3) is 0 Å². The molecule has 4 heteroatoms. The molecule has 3 rings (SSSR count). The summed E-state index contributed by atoms with van der Waals surface area (Å²) in [7, 11) is 0. The van der Waals surface area contributed by atoms with E-state index in [1.54, 1.807) is 6.20 Å². The molecule has 3 aromatic rings. The second-order valence-electron chi connectivity index (χ2n) is 5.56. The number of hydrogen-bond donors (Lipinski definition) is 1. The monoisotopic (exact) mass is 318 g/mol. The Kier molecular flexibility index (Phi) is 4.62. The number of rotatable bonds is 5. The van der Waals surface area contributed by atoms with Crippen LogP contribution in [0.2, 0.25) is 0 Å². The normalized spacial score (nSPS) is 11.8. The van der Waals surface area contributed by atoms with Crippen molar-refractivity contribution in [2.45, 2.75) is 19.3 Å². The number of aromatic nitrogens is 1. The Bertz CT molecular complexity index is 891. The quantitative estimate of drug-likeness (QED) is 0.542. The summed E-state index contributed by atoms with van der Waals surface area (Å²) >= 11 is 0. The molecule has 0 aliphatic rings. The third-order valence-electron chi connectivity index (χ3n) is 4.08. The van der Waals surface area contributed by atoms with Crippen molar-refractivity contribution in [2.75, 3.05) is 6.61 Å². The Morgan fingerprint density at radius 1 is 1.21 bits per heavy atom. The third kappa shape index (κ3) is 3.16. The van der Waals surface area contributed by atoms with Crippen molar-refractivity contribution in [1.29, 1.82) is 0 Å². The lowest BCUT2D eigenvalue weighted by atomic mass is 9.88. The fourth-order valence-electron chi connectivity index (χ4n) is 2.93. The van der Waals surface area contributed by atoms with Crippen LogP contribution in [0.15, 0.2) is 54.7 Å². The van der Waals surface area contributed by atoms with Gasteiger partial charge in [0.05, 0.1) is 19.6 Å². The highest BCUT2D eigenvalue weighted by Crippen LogP contribution is 2.33. The average Bonchev–Trinajstić information content (AvgIpc) is 3.03. The lowest BCUT2D eigenvalue weighted by Crippen LogP contribution is -2.11. The van der Waals surface area contributed by atoms with Crippen molar-refractivity contribution >= 4 is 22.6 Å². The number of fused-ring (bicyclic) bond motifs is 1. The third-order valence-corrected chi connectivity index (χ3v) is 4.08. The standard InChI is InChI=1S/C20H18N2O2/c1-3-24-20(23)12-16(14-7-5-4-6-8-14)15-9-10-18-17(11-15)19(21-2)13-22-18/h4-11,13,16,22H,3,12H2,1H3. The van der Waals surface area contributed by atoms with Crippen LogP contribution in [0.3, 0.4) is 0 Å². The summed E-state index contributed by atoms with van der Waals surface area (Å²) in [5.74, 6) is -0.311. The van der Waals surface area contributed by atoms with Gasteiger partial charge in [-0.3, -0.25) is 4.79 Å². The highest BCUT2D eigenvalue weighted by Gasteiger charge is 2.20. The van der Waals surface area contributed by atoms with Gasteiger partial charge in [-0.25, -0.2) is 4.85 Å². The fourth-order valence-corrected chi connectivity index (χ4v) is 2.93. The molecule has 0 fully saturated rings. The van der Waals surface area contributed by atoms with E-state index in [-0.39, 0.29) is 18.3 Å². The van der Waals surface area contributed by atoms with Gasteiger partial charge in [0.2, 0.25) is 5.69 Å². The first-order valence-electron chi connectivity index (χ1n) is 7.92. The molecule has 0 bridgehead atoms.